The van der Waals surface area contributed by atoms with Crippen LogP contribution in [0.15, 0.2) is 45.6 Å². The van der Waals surface area contributed by atoms with Crippen LogP contribution in [0.25, 0.3) is 11.0 Å². The molecule has 0 atom stereocenters. The van der Waals surface area contributed by atoms with Crippen molar-refractivity contribution >= 4 is 23.1 Å². The van der Waals surface area contributed by atoms with Gasteiger partial charge in [-0.3, -0.25) is 0 Å². The number of rotatable bonds is 10. The van der Waals surface area contributed by atoms with Gasteiger partial charge in [-0.25, -0.2) is 14.4 Å². The third-order valence-electron chi connectivity index (χ3n) is 4.15. The van der Waals surface area contributed by atoms with Gasteiger partial charge in [0.2, 0.25) is 0 Å². The van der Waals surface area contributed by atoms with E-state index in [1.807, 2.05) is 0 Å². The molecular weight excluding hydrogens is 376 g/mol. The van der Waals surface area contributed by atoms with Crippen LogP contribution in [0.1, 0.15) is 52.4 Å². The van der Waals surface area contributed by atoms with Gasteiger partial charge >= 0.3 is 17.8 Å². The van der Waals surface area contributed by atoms with E-state index in [1.54, 1.807) is 0 Å². The summed E-state index contributed by atoms with van der Waals surface area (Å²) in [6.45, 7) is 7.41. The van der Waals surface area contributed by atoms with Gasteiger partial charge in [0.1, 0.15) is 5.58 Å². The number of hydrogen-bond acceptors (Lipinski definition) is 7. The van der Waals surface area contributed by atoms with Crippen LogP contribution >= 0.6 is 0 Å². The molecule has 156 valence electrons. The van der Waals surface area contributed by atoms with Crippen molar-refractivity contribution in [2.45, 2.75) is 52.4 Å². The first-order chi connectivity index (χ1) is 13.9. The first-order valence-corrected chi connectivity index (χ1v) is 9.71. The molecule has 0 aliphatic rings. The lowest BCUT2D eigenvalue weighted by molar-refractivity contribution is -0.130. The van der Waals surface area contributed by atoms with Gasteiger partial charge in [0, 0.05) is 23.1 Å². The summed E-state index contributed by atoms with van der Waals surface area (Å²) in [4.78, 5) is 35.4. The van der Waals surface area contributed by atoms with Gasteiger partial charge in [-0.15, -0.1) is 0 Å². The number of hydrogen-bond donors (Lipinski definition) is 0. The van der Waals surface area contributed by atoms with Crippen LogP contribution in [0.5, 0.6) is 11.5 Å². The van der Waals surface area contributed by atoms with E-state index in [0.717, 1.165) is 19.3 Å². The second-order valence-corrected chi connectivity index (χ2v) is 6.73. The summed E-state index contributed by atoms with van der Waals surface area (Å²) < 4.78 is 20.6. The average Bonchev–Trinajstić information content (AvgIpc) is 2.67. The number of carbonyl (C=O) groups is 2. The standard InChI is InChI=1S/C22H26O7/c1-4-5-6-7-8-9-12-26-22(25)29-19-14-17-16(10-11-20(23)27-17)13-18(19)28-21(24)15(2)3/h10-11,13-14H,2,4-9,12H2,1,3H3. The van der Waals surface area contributed by atoms with E-state index >= 15 is 0 Å². The van der Waals surface area contributed by atoms with Crippen LogP contribution in [0.2, 0.25) is 0 Å². The highest BCUT2D eigenvalue weighted by molar-refractivity contribution is 5.90. The lowest BCUT2D eigenvalue weighted by Crippen LogP contribution is -2.14. The molecule has 7 heteroatoms. The van der Waals surface area contributed by atoms with Crippen molar-refractivity contribution in [3.63, 3.8) is 0 Å². The SMILES string of the molecule is C=C(C)C(=O)Oc1cc2ccc(=O)oc2cc1OC(=O)OCCCCCCCC. The summed E-state index contributed by atoms with van der Waals surface area (Å²) in [7, 11) is 0. The molecule has 1 aromatic carbocycles. The van der Waals surface area contributed by atoms with E-state index in [2.05, 4.69) is 13.5 Å². The predicted octanol–water partition coefficient (Wildman–Crippen LogP) is 5.15. The topological polar surface area (TPSA) is 92.0 Å². The fraction of sp³-hybridized carbons (Fsp3) is 0.409. The van der Waals surface area contributed by atoms with Gasteiger partial charge in [-0.2, -0.15) is 0 Å². The van der Waals surface area contributed by atoms with Crippen molar-refractivity contribution < 1.29 is 28.2 Å². The van der Waals surface area contributed by atoms with E-state index in [0.29, 0.717) is 5.39 Å². The molecule has 0 saturated heterocycles. The third-order valence-corrected chi connectivity index (χ3v) is 4.15. The Bertz CT molecular complexity index is 926. The van der Waals surface area contributed by atoms with Crippen LogP contribution < -0.4 is 15.1 Å². The van der Waals surface area contributed by atoms with Crippen LogP contribution in [0, 0.1) is 0 Å². The summed E-state index contributed by atoms with van der Waals surface area (Å²) >= 11 is 0. The van der Waals surface area contributed by atoms with Crippen molar-refractivity contribution in [1.29, 1.82) is 0 Å². The molecule has 0 aliphatic carbocycles. The first-order valence-electron chi connectivity index (χ1n) is 9.71. The number of esters is 1. The van der Waals surface area contributed by atoms with Crippen LogP contribution in [-0.2, 0) is 9.53 Å². The molecule has 0 N–H and O–H groups in total. The van der Waals surface area contributed by atoms with E-state index in [4.69, 9.17) is 18.6 Å². The molecular formula is C22H26O7. The summed E-state index contributed by atoms with van der Waals surface area (Å²) in [6, 6.07) is 5.50. The van der Waals surface area contributed by atoms with E-state index in [9.17, 15) is 14.4 Å². The largest absolute Gasteiger partial charge is 0.513 e. The van der Waals surface area contributed by atoms with Gasteiger partial charge in [0.25, 0.3) is 0 Å². The number of carbonyl (C=O) groups excluding carboxylic acids is 2. The second kappa shape index (κ2) is 11.0. The highest BCUT2D eigenvalue weighted by Gasteiger charge is 2.17. The monoisotopic (exact) mass is 402 g/mol. The lowest BCUT2D eigenvalue weighted by atomic mass is 10.1. The van der Waals surface area contributed by atoms with Crippen LogP contribution in [0.4, 0.5) is 4.79 Å². The van der Waals surface area contributed by atoms with Gasteiger partial charge in [-0.05, 0) is 25.5 Å². The Morgan fingerprint density at radius 1 is 1.00 bits per heavy atom. The van der Waals surface area contributed by atoms with Gasteiger partial charge in [0.05, 0.1) is 6.61 Å². The minimum Gasteiger partial charge on any atom is -0.434 e. The van der Waals surface area contributed by atoms with E-state index < -0.39 is 17.8 Å². The van der Waals surface area contributed by atoms with Crippen molar-refractivity contribution in [2.75, 3.05) is 6.61 Å². The van der Waals surface area contributed by atoms with E-state index in [-0.39, 0.29) is 29.3 Å². The Morgan fingerprint density at radius 2 is 1.69 bits per heavy atom. The molecule has 0 amide bonds. The second-order valence-electron chi connectivity index (χ2n) is 6.73. The van der Waals surface area contributed by atoms with Gasteiger partial charge in [-0.1, -0.05) is 45.6 Å². The molecule has 7 nitrogen and oxygen atoms in total. The number of unbranched alkanes of at least 4 members (excludes halogenated alkanes) is 5. The molecule has 1 aromatic heterocycles. The zero-order valence-electron chi connectivity index (χ0n) is 16.8. The number of benzene rings is 1. The lowest BCUT2D eigenvalue weighted by Gasteiger charge is -2.11. The Hall–Kier alpha value is -3.09. The van der Waals surface area contributed by atoms with Crippen molar-refractivity contribution in [1.82, 2.24) is 0 Å². The van der Waals surface area contributed by atoms with Crippen molar-refractivity contribution in [3.8, 4) is 11.5 Å². The molecule has 29 heavy (non-hydrogen) atoms. The Balaban J connectivity index is 2.06. The smallest absolute Gasteiger partial charge is 0.434 e. The third kappa shape index (κ3) is 7.10. The minimum absolute atomic E-state index is 0.00383. The number of fused-ring (bicyclic) bond motifs is 1. The quantitative estimate of drug-likeness (QED) is 0.135. The summed E-state index contributed by atoms with van der Waals surface area (Å²) in [5, 5.41) is 0.502. The molecule has 0 fully saturated rings. The predicted molar refractivity (Wildman–Crippen MR) is 108 cm³/mol. The fourth-order valence-electron chi connectivity index (χ4n) is 2.58. The van der Waals surface area contributed by atoms with Crippen LogP contribution in [0.3, 0.4) is 0 Å². The molecule has 0 radical (unpaired) electrons. The van der Waals surface area contributed by atoms with Gasteiger partial charge < -0.3 is 18.6 Å². The first kappa shape index (κ1) is 22.2. The van der Waals surface area contributed by atoms with Crippen molar-refractivity contribution in [3.05, 3.63) is 46.8 Å². The summed E-state index contributed by atoms with van der Waals surface area (Å²) in [6.07, 6.45) is 5.42. The normalized spacial score (nSPS) is 10.6. The Morgan fingerprint density at radius 3 is 2.41 bits per heavy atom. The van der Waals surface area contributed by atoms with Crippen molar-refractivity contribution in [2.24, 2.45) is 0 Å². The average molecular weight is 402 g/mol. The zero-order valence-corrected chi connectivity index (χ0v) is 16.8. The summed E-state index contributed by atoms with van der Waals surface area (Å²) in [5.74, 6) is -0.766. The highest BCUT2D eigenvalue weighted by Crippen LogP contribution is 2.33. The highest BCUT2D eigenvalue weighted by atomic mass is 16.7. The molecule has 1 heterocycles. The van der Waals surface area contributed by atoms with E-state index in [1.165, 1.54) is 50.5 Å². The molecule has 2 rings (SSSR count). The summed E-state index contributed by atoms with van der Waals surface area (Å²) in [5.41, 5.74) is -0.187. The molecule has 0 bridgehead atoms. The number of ether oxygens (including phenoxy) is 3. The maximum absolute atomic E-state index is 12.0. The molecule has 0 saturated carbocycles. The molecule has 0 spiro atoms. The Labute approximate surface area is 169 Å². The molecule has 0 unspecified atom stereocenters. The Kier molecular flexibility index (Phi) is 8.45. The molecule has 2 aromatic rings. The molecule has 0 aliphatic heterocycles. The zero-order chi connectivity index (χ0) is 21.2. The maximum Gasteiger partial charge on any atom is 0.513 e. The fourth-order valence-corrected chi connectivity index (χ4v) is 2.58. The van der Waals surface area contributed by atoms with Crippen LogP contribution in [-0.4, -0.2) is 18.7 Å². The van der Waals surface area contributed by atoms with Gasteiger partial charge in [0.15, 0.2) is 11.5 Å². The maximum atomic E-state index is 12.0. The minimum atomic E-state index is -0.927.